The molecule has 2 aromatic heterocycles. The molecule has 84 valence electrons. The van der Waals surface area contributed by atoms with E-state index in [0.29, 0.717) is 11.3 Å². The van der Waals surface area contributed by atoms with E-state index < -0.39 is 5.97 Å². The van der Waals surface area contributed by atoms with Crippen molar-refractivity contribution in [2.75, 3.05) is 0 Å². The lowest BCUT2D eigenvalue weighted by Crippen LogP contribution is -2.01. The third-order valence-corrected chi connectivity index (χ3v) is 2.26. The molecule has 0 unspecified atom stereocenters. The number of aromatic carboxylic acids is 1. The van der Waals surface area contributed by atoms with E-state index in [9.17, 15) is 4.79 Å². The Balaban J connectivity index is 2.54. The molecule has 0 aliphatic carbocycles. The minimum Gasteiger partial charge on any atom is -0.476 e. The van der Waals surface area contributed by atoms with Crippen LogP contribution in [0.5, 0.6) is 0 Å². The molecule has 1 N–H and O–H groups in total. The molecule has 0 spiro atoms. The van der Waals surface area contributed by atoms with Crippen molar-refractivity contribution in [3.63, 3.8) is 0 Å². The predicted octanol–water partition coefficient (Wildman–Crippen LogP) is 0.397. The van der Waals surface area contributed by atoms with Crippen LogP contribution in [0.2, 0.25) is 0 Å². The van der Waals surface area contributed by atoms with Crippen LogP contribution >= 0.6 is 0 Å². The fourth-order valence-electron chi connectivity index (χ4n) is 1.48. The zero-order valence-electron chi connectivity index (χ0n) is 8.95. The number of hydrogen-bond acceptors (Lipinski definition) is 4. The molecule has 7 nitrogen and oxygen atoms in total. The highest BCUT2D eigenvalue weighted by molar-refractivity contribution is 5.92. The second-order valence-electron chi connectivity index (χ2n) is 3.30. The first kappa shape index (κ1) is 10.3. The van der Waals surface area contributed by atoms with Crippen LogP contribution in [0.1, 0.15) is 17.4 Å². The molecule has 2 heterocycles. The summed E-state index contributed by atoms with van der Waals surface area (Å²) in [5, 5.41) is 20.3. The molecule has 0 aromatic carbocycles. The molecule has 0 aliphatic heterocycles. The van der Waals surface area contributed by atoms with E-state index in [-0.39, 0.29) is 5.69 Å². The Bertz CT molecular complexity index is 528. The van der Waals surface area contributed by atoms with Gasteiger partial charge < -0.3 is 5.11 Å². The number of aromatic nitrogens is 5. The summed E-state index contributed by atoms with van der Waals surface area (Å²) in [5.41, 5.74) is 1.11. The van der Waals surface area contributed by atoms with E-state index in [1.807, 2.05) is 6.92 Å². The van der Waals surface area contributed by atoms with E-state index >= 15 is 0 Å². The molecule has 2 aromatic rings. The third kappa shape index (κ3) is 1.56. The minimum atomic E-state index is -1.09. The van der Waals surface area contributed by atoms with Crippen LogP contribution in [0, 0.1) is 0 Å². The molecule has 7 heteroatoms. The molecule has 0 saturated heterocycles. The van der Waals surface area contributed by atoms with Gasteiger partial charge in [0.1, 0.15) is 5.69 Å². The summed E-state index contributed by atoms with van der Waals surface area (Å²) in [7, 11) is 1.65. The lowest BCUT2D eigenvalue weighted by Gasteiger charge is -1.97. The molecule has 0 radical (unpaired) electrons. The number of nitrogens with zero attached hydrogens (tertiary/aromatic N) is 5. The monoisotopic (exact) mass is 221 g/mol. The number of carboxylic acids is 1. The van der Waals surface area contributed by atoms with Crippen molar-refractivity contribution < 1.29 is 9.90 Å². The summed E-state index contributed by atoms with van der Waals surface area (Å²) in [6, 6.07) is 0. The summed E-state index contributed by atoms with van der Waals surface area (Å²) in [5.74, 6) is -1.09. The zero-order chi connectivity index (χ0) is 11.7. The lowest BCUT2D eigenvalue weighted by atomic mass is 10.2. The normalized spacial score (nSPS) is 10.6. The predicted molar refractivity (Wildman–Crippen MR) is 54.9 cm³/mol. The fraction of sp³-hybridized carbons (Fsp3) is 0.333. The average Bonchev–Trinajstić information content (AvgIpc) is 2.83. The van der Waals surface area contributed by atoms with Crippen LogP contribution in [0.15, 0.2) is 12.4 Å². The van der Waals surface area contributed by atoms with Crippen LogP contribution in [0.3, 0.4) is 0 Å². The Morgan fingerprint density at radius 1 is 1.56 bits per heavy atom. The van der Waals surface area contributed by atoms with Gasteiger partial charge in [-0.15, -0.1) is 5.10 Å². The largest absolute Gasteiger partial charge is 0.476 e. The van der Waals surface area contributed by atoms with Crippen molar-refractivity contribution in [2.45, 2.75) is 13.5 Å². The zero-order valence-corrected chi connectivity index (χ0v) is 8.95. The first-order valence-corrected chi connectivity index (χ1v) is 4.79. The molecule has 0 bridgehead atoms. The Labute approximate surface area is 91.3 Å². The molecule has 16 heavy (non-hydrogen) atoms. The minimum absolute atomic E-state index is 0.0573. The van der Waals surface area contributed by atoms with Gasteiger partial charge >= 0.3 is 5.97 Å². The molecule has 0 atom stereocenters. The van der Waals surface area contributed by atoms with Crippen LogP contribution in [0.4, 0.5) is 0 Å². The Hall–Kier alpha value is -2.18. The van der Waals surface area contributed by atoms with E-state index in [0.717, 1.165) is 6.54 Å². The van der Waals surface area contributed by atoms with Crippen molar-refractivity contribution in [1.29, 1.82) is 0 Å². The van der Waals surface area contributed by atoms with Gasteiger partial charge in [-0.2, -0.15) is 5.10 Å². The second kappa shape index (κ2) is 3.76. The molecule has 2 rings (SSSR count). The highest BCUT2D eigenvalue weighted by atomic mass is 16.4. The van der Waals surface area contributed by atoms with Gasteiger partial charge in [0, 0.05) is 25.4 Å². The van der Waals surface area contributed by atoms with Gasteiger partial charge in [0.25, 0.3) is 0 Å². The lowest BCUT2D eigenvalue weighted by molar-refractivity contribution is 0.0691. The van der Waals surface area contributed by atoms with Crippen LogP contribution in [-0.4, -0.2) is 35.9 Å². The summed E-state index contributed by atoms with van der Waals surface area (Å²) in [6.45, 7) is 2.68. The molecule has 0 saturated carbocycles. The average molecular weight is 221 g/mol. The summed E-state index contributed by atoms with van der Waals surface area (Å²) in [6.07, 6.45) is 3.37. The van der Waals surface area contributed by atoms with Crippen molar-refractivity contribution >= 4 is 5.97 Å². The standard InChI is InChI=1S/C9H11N5O2/c1-3-14-5-6(4-10-14)8-7(9(15)16)11-12-13(8)2/h4-5H,3H2,1-2H3,(H,15,16). The van der Waals surface area contributed by atoms with Gasteiger partial charge in [-0.05, 0) is 6.92 Å². The number of carbonyl (C=O) groups is 1. The van der Waals surface area contributed by atoms with Gasteiger partial charge in [-0.25, -0.2) is 9.48 Å². The SMILES string of the molecule is CCn1cc(-c2c(C(=O)O)nnn2C)cn1. The molecular weight excluding hydrogens is 210 g/mol. The van der Waals surface area contributed by atoms with Gasteiger partial charge in [0.15, 0.2) is 5.69 Å². The van der Waals surface area contributed by atoms with E-state index in [4.69, 9.17) is 5.11 Å². The first-order valence-electron chi connectivity index (χ1n) is 4.79. The van der Waals surface area contributed by atoms with Gasteiger partial charge in [0.05, 0.1) is 6.20 Å². The Morgan fingerprint density at radius 2 is 2.31 bits per heavy atom. The van der Waals surface area contributed by atoms with Gasteiger partial charge in [-0.1, -0.05) is 5.21 Å². The molecule has 0 amide bonds. The van der Waals surface area contributed by atoms with Crippen LogP contribution in [-0.2, 0) is 13.6 Å². The Kier molecular flexibility index (Phi) is 2.43. The maximum absolute atomic E-state index is 10.9. The van der Waals surface area contributed by atoms with Gasteiger partial charge in [0.2, 0.25) is 0 Å². The number of carboxylic acid groups (broad SMARTS) is 1. The highest BCUT2D eigenvalue weighted by Gasteiger charge is 2.19. The number of hydrogen-bond donors (Lipinski definition) is 1. The molecular formula is C9H11N5O2. The molecule has 0 fully saturated rings. The number of rotatable bonds is 3. The fourth-order valence-corrected chi connectivity index (χ4v) is 1.48. The van der Waals surface area contributed by atoms with Gasteiger partial charge in [-0.3, -0.25) is 4.68 Å². The maximum Gasteiger partial charge on any atom is 0.358 e. The van der Waals surface area contributed by atoms with E-state index in [1.165, 1.54) is 4.68 Å². The van der Waals surface area contributed by atoms with E-state index in [2.05, 4.69) is 15.4 Å². The molecule has 0 aliphatic rings. The smallest absolute Gasteiger partial charge is 0.358 e. The summed E-state index contributed by atoms with van der Waals surface area (Å²) < 4.78 is 3.15. The number of aryl methyl sites for hydroxylation is 2. The maximum atomic E-state index is 10.9. The van der Waals surface area contributed by atoms with Crippen LogP contribution in [0.25, 0.3) is 11.3 Å². The quantitative estimate of drug-likeness (QED) is 0.810. The van der Waals surface area contributed by atoms with Crippen molar-refractivity contribution in [3.8, 4) is 11.3 Å². The summed E-state index contributed by atoms with van der Waals surface area (Å²) >= 11 is 0. The third-order valence-electron chi connectivity index (χ3n) is 2.26. The van der Waals surface area contributed by atoms with Crippen molar-refractivity contribution in [3.05, 3.63) is 18.1 Å². The van der Waals surface area contributed by atoms with Crippen molar-refractivity contribution in [1.82, 2.24) is 24.8 Å². The van der Waals surface area contributed by atoms with E-state index in [1.54, 1.807) is 24.1 Å². The topological polar surface area (TPSA) is 85.8 Å². The van der Waals surface area contributed by atoms with Crippen LogP contribution < -0.4 is 0 Å². The first-order chi connectivity index (χ1) is 7.63. The second-order valence-corrected chi connectivity index (χ2v) is 3.30. The Morgan fingerprint density at radius 3 is 2.88 bits per heavy atom. The highest BCUT2D eigenvalue weighted by Crippen LogP contribution is 2.20. The van der Waals surface area contributed by atoms with Crippen molar-refractivity contribution in [2.24, 2.45) is 7.05 Å². The summed E-state index contributed by atoms with van der Waals surface area (Å²) in [4.78, 5) is 10.9.